The van der Waals surface area contributed by atoms with E-state index >= 15 is 0 Å². The standard InChI is InChI=1S/C21H20ClN3O2/c22-17-7-16(10-24-11-17)21(13-23)8-18-5-6-19(9-21)25(18)12-14-1-3-15(4-2-14)20(26)27/h1-4,7,10-11,18-19H,5-6,8-9,12H2,(H,26,27). The van der Waals surface area contributed by atoms with E-state index in [9.17, 15) is 10.1 Å². The Bertz CT molecular complexity index is 892. The highest BCUT2D eigenvalue weighted by Gasteiger charge is 2.49. The molecule has 138 valence electrons. The highest BCUT2D eigenvalue weighted by Crippen LogP contribution is 2.47. The molecule has 1 aromatic carbocycles. The van der Waals surface area contributed by atoms with Crippen molar-refractivity contribution in [1.29, 1.82) is 5.26 Å². The monoisotopic (exact) mass is 381 g/mol. The summed E-state index contributed by atoms with van der Waals surface area (Å²) in [6.07, 6.45) is 7.07. The molecule has 1 aromatic heterocycles. The minimum atomic E-state index is -0.909. The summed E-state index contributed by atoms with van der Waals surface area (Å²) in [5.74, 6) is -0.909. The quantitative estimate of drug-likeness (QED) is 0.865. The van der Waals surface area contributed by atoms with Gasteiger partial charge >= 0.3 is 5.97 Å². The summed E-state index contributed by atoms with van der Waals surface area (Å²) in [6.45, 7) is 0.782. The van der Waals surface area contributed by atoms with Crippen LogP contribution in [0.15, 0.2) is 42.7 Å². The first-order valence-corrected chi connectivity index (χ1v) is 9.49. The zero-order valence-electron chi connectivity index (χ0n) is 14.8. The van der Waals surface area contributed by atoms with E-state index in [0.29, 0.717) is 22.7 Å². The number of fused-ring (bicyclic) bond motifs is 2. The Hall–Kier alpha value is -2.42. The van der Waals surface area contributed by atoms with Crippen LogP contribution in [0.2, 0.25) is 5.02 Å². The van der Waals surface area contributed by atoms with Crippen LogP contribution in [-0.2, 0) is 12.0 Å². The molecule has 6 heteroatoms. The molecule has 0 aliphatic carbocycles. The molecule has 4 rings (SSSR count). The number of benzene rings is 1. The fourth-order valence-electron chi connectivity index (χ4n) is 4.63. The maximum Gasteiger partial charge on any atom is 0.335 e. The molecule has 0 amide bonds. The van der Waals surface area contributed by atoms with E-state index in [2.05, 4.69) is 16.0 Å². The summed E-state index contributed by atoms with van der Waals surface area (Å²) in [4.78, 5) is 17.7. The van der Waals surface area contributed by atoms with Gasteiger partial charge in [-0.3, -0.25) is 9.88 Å². The molecule has 3 heterocycles. The van der Waals surface area contributed by atoms with E-state index in [-0.39, 0.29) is 0 Å². The summed E-state index contributed by atoms with van der Waals surface area (Å²) in [5, 5.41) is 19.6. The Balaban J connectivity index is 1.55. The summed E-state index contributed by atoms with van der Waals surface area (Å²) < 4.78 is 0. The molecule has 2 unspecified atom stereocenters. The lowest BCUT2D eigenvalue weighted by atomic mass is 9.71. The third-order valence-corrected chi connectivity index (χ3v) is 6.18. The second kappa shape index (κ2) is 6.95. The maximum absolute atomic E-state index is 11.0. The van der Waals surface area contributed by atoms with Crippen LogP contribution in [0, 0.1) is 11.3 Å². The molecule has 2 bridgehead atoms. The molecule has 1 N–H and O–H groups in total. The van der Waals surface area contributed by atoms with Crippen molar-refractivity contribution in [2.75, 3.05) is 0 Å². The molecule has 5 nitrogen and oxygen atoms in total. The zero-order chi connectivity index (χ0) is 19.0. The average molecular weight is 382 g/mol. The van der Waals surface area contributed by atoms with Crippen molar-refractivity contribution in [2.24, 2.45) is 0 Å². The normalized spacial score (nSPS) is 27.3. The van der Waals surface area contributed by atoms with Crippen molar-refractivity contribution >= 4 is 17.6 Å². The molecule has 2 atom stereocenters. The molecule has 0 radical (unpaired) electrons. The van der Waals surface area contributed by atoms with Crippen molar-refractivity contribution < 1.29 is 9.90 Å². The maximum atomic E-state index is 11.0. The molecule has 2 aromatic rings. The van der Waals surface area contributed by atoms with Gasteiger partial charge in [-0.2, -0.15) is 5.26 Å². The predicted octanol–water partition coefficient (Wildman–Crippen LogP) is 4.02. The van der Waals surface area contributed by atoms with Gasteiger partial charge in [0.25, 0.3) is 0 Å². The lowest BCUT2D eigenvalue weighted by molar-refractivity contribution is 0.0696. The number of aromatic carboxylic acids is 1. The van der Waals surface area contributed by atoms with Crippen LogP contribution in [0.25, 0.3) is 0 Å². The number of nitriles is 1. The summed E-state index contributed by atoms with van der Waals surface area (Å²) in [6, 6.07) is 12.2. The van der Waals surface area contributed by atoms with Crippen LogP contribution in [0.5, 0.6) is 0 Å². The van der Waals surface area contributed by atoms with Gasteiger partial charge in [0.15, 0.2) is 0 Å². The summed E-state index contributed by atoms with van der Waals surface area (Å²) in [5.41, 5.74) is 1.79. The summed E-state index contributed by atoms with van der Waals surface area (Å²) >= 11 is 6.12. The highest BCUT2D eigenvalue weighted by atomic mass is 35.5. The van der Waals surface area contributed by atoms with E-state index in [4.69, 9.17) is 16.7 Å². The third-order valence-electron chi connectivity index (χ3n) is 5.98. The topological polar surface area (TPSA) is 77.2 Å². The predicted molar refractivity (Wildman–Crippen MR) is 102 cm³/mol. The van der Waals surface area contributed by atoms with Crippen molar-refractivity contribution in [2.45, 2.75) is 49.7 Å². The van der Waals surface area contributed by atoms with Gasteiger partial charge in [-0.15, -0.1) is 0 Å². The lowest BCUT2D eigenvalue weighted by Crippen LogP contribution is -2.48. The summed E-state index contributed by atoms with van der Waals surface area (Å²) in [7, 11) is 0. The van der Waals surface area contributed by atoms with Gasteiger partial charge in [0.1, 0.15) is 0 Å². The second-order valence-electron chi connectivity index (χ2n) is 7.55. The largest absolute Gasteiger partial charge is 0.478 e. The Labute approximate surface area is 163 Å². The minimum Gasteiger partial charge on any atom is -0.478 e. The van der Waals surface area contributed by atoms with E-state index in [1.165, 1.54) is 0 Å². The van der Waals surface area contributed by atoms with Crippen molar-refractivity contribution in [1.82, 2.24) is 9.88 Å². The van der Waals surface area contributed by atoms with Gasteiger partial charge in [-0.05, 0) is 55.0 Å². The Morgan fingerprint density at radius 3 is 2.48 bits per heavy atom. The van der Waals surface area contributed by atoms with Crippen molar-refractivity contribution in [3.05, 3.63) is 64.4 Å². The minimum absolute atomic E-state index is 0.303. The van der Waals surface area contributed by atoms with Crippen LogP contribution >= 0.6 is 11.6 Å². The van der Waals surface area contributed by atoms with Gasteiger partial charge in [0.05, 0.1) is 22.1 Å². The van der Waals surface area contributed by atoms with E-state index in [1.807, 2.05) is 18.2 Å². The number of carbonyl (C=O) groups is 1. The van der Waals surface area contributed by atoms with Crippen LogP contribution in [0.4, 0.5) is 0 Å². The number of halogens is 1. The lowest BCUT2D eigenvalue weighted by Gasteiger charge is -2.43. The third kappa shape index (κ3) is 3.31. The molecule has 2 fully saturated rings. The number of pyridine rings is 1. The molecule has 27 heavy (non-hydrogen) atoms. The highest BCUT2D eigenvalue weighted by molar-refractivity contribution is 6.30. The van der Waals surface area contributed by atoms with Gasteiger partial charge in [-0.25, -0.2) is 4.79 Å². The first-order chi connectivity index (χ1) is 13.0. The van der Waals surface area contributed by atoms with Crippen LogP contribution in [0.1, 0.15) is 47.2 Å². The molecule has 0 spiro atoms. The van der Waals surface area contributed by atoms with E-state index < -0.39 is 11.4 Å². The Kier molecular flexibility index (Phi) is 4.63. The zero-order valence-corrected chi connectivity index (χ0v) is 15.6. The fourth-order valence-corrected chi connectivity index (χ4v) is 4.80. The molecule has 0 saturated carbocycles. The van der Waals surface area contributed by atoms with Crippen molar-refractivity contribution in [3.63, 3.8) is 0 Å². The van der Waals surface area contributed by atoms with Gasteiger partial charge in [0.2, 0.25) is 0 Å². The molecular weight excluding hydrogens is 362 g/mol. The smallest absolute Gasteiger partial charge is 0.335 e. The van der Waals surface area contributed by atoms with Gasteiger partial charge in [-0.1, -0.05) is 23.7 Å². The molecule has 2 aliphatic heterocycles. The molecule has 2 aliphatic rings. The van der Waals surface area contributed by atoms with Gasteiger partial charge in [0, 0.05) is 31.0 Å². The number of carboxylic acids is 1. The first-order valence-electron chi connectivity index (χ1n) is 9.11. The Morgan fingerprint density at radius 1 is 1.26 bits per heavy atom. The molecular formula is C21H20ClN3O2. The van der Waals surface area contributed by atoms with E-state index in [1.54, 1.807) is 24.5 Å². The fraction of sp³-hybridized carbons (Fsp3) is 0.381. The number of nitrogens with zero attached hydrogens (tertiary/aromatic N) is 3. The number of carboxylic acid groups (broad SMARTS) is 1. The average Bonchev–Trinajstić information content (AvgIpc) is 2.90. The number of hydrogen-bond acceptors (Lipinski definition) is 4. The van der Waals surface area contributed by atoms with E-state index in [0.717, 1.165) is 43.4 Å². The second-order valence-corrected chi connectivity index (χ2v) is 7.99. The SMILES string of the molecule is N#CC1(c2cncc(Cl)c2)CC2CCC(C1)N2Cc1ccc(C(=O)O)cc1. The number of rotatable bonds is 4. The number of aromatic nitrogens is 1. The number of piperidine rings is 1. The van der Waals surface area contributed by atoms with Crippen LogP contribution in [0.3, 0.4) is 0 Å². The number of hydrogen-bond donors (Lipinski definition) is 1. The molecule has 2 saturated heterocycles. The van der Waals surface area contributed by atoms with Gasteiger partial charge < -0.3 is 5.11 Å². The first kappa shape index (κ1) is 18.0. The Morgan fingerprint density at radius 2 is 1.93 bits per heavy atom. The van der Waals surface area contributed by atoms with Crippen LogP contribution < -0.4 is 0 Å². The van der Waals surface area contributed by atoms with Crippen LogP contribution in [-0.4, -0.2) is 33.0 Å². The van der Waals surface area contributed by atoms with Crippen molar-refractivity contribution in [3.8, 4) is 6.07 Å².